The fourth-order valence-corrected chi connectivity index (χ4v) is 5.53. The Morgan fingerprint density at radius 1 is 1.12 bits per heavy atom. The number of hydrogen-bond acceptors (Lipinski definition) is 5. The number of anilines is 1. The number of carbonyl (C=O) groups excluding carboxylic acids is 1. The van der Waals surface area contributed by atoms with Crippen LogP contribution in [0, 0.1) is 5.92 Å². The lowest BCUT2D eigenvalue weighted by Crippen LogP contribution is -2.50. The molecular weight excluding hydrogens is 364 g/mol. The Labute approximate surface area is 161 Å². The molecule has 0 spiro atoms. The molecule has 3 fully saturated rings. The molecule has 7 heteroatoms. The SMILES string of the molecule is O=C(OP)C1CCN(Cc2cccc(N3C4CCC3CN(P)C4)c2)CC1. The third-order valence-corrected chi connectivity index (χ3v) is 6.82. The first kappa shape index (κ1) is 18.6. The quantitative estimate of drug-likeness (QED) is 0.736. The van der Waals surface area contributed by atoms with E-state index in [1.165, 1.54) is 24.1 Å². The molecule has 0 amide bonds. The Morgan fingerprint density at radius 3 is 2.46 bits per heavy atom. The first-order valence-corrected chi connectivity index (χ1v) is 10.6. The smallest absolute Gasteiger partial charge is 0.311 e. The van der Waals surface area contributed by atoms with E-state index in [0.29, 0.717) is 12.1 Å². The first-order chi connectivity index (χ1) is 12.6. The highest BCUT2D eigenvalue weighted by molar-refractivity contribution is 7.13. The summed E-state index contributed by atoms with van der Waals surface area (Å²) < 4.78 is 7.20. The van der Waals surface area contributed by atoms with Gasteiger partial charge >= 0.3 is 5.97 Å². The predicted molar refractivity (Wildman–Crippen MR) is 111 cm³/mol. The maximum atomic E-state index is 11.7. The Bertz CT molecular complexity index is 637. The van der Waals surface area contributed by atoms with Crippen LogP contribution in [0.3, 0.4) is 0 Å². The Balaban J connectivity index is 1.39. The molecule has 4 unspecified atom stereocenters. The third-order valence-electron chi connectivity index (χ3n) is 6.16. The standard InChI is InChI=1S/C19H29N3O2P2/c23-19(24-26)15-6-8-20(9-7-15)11-14-2-1-3-16(10-14)22-17-4-5-18(22)13-21(25)12-17/h1-3,10,15,17-18H,4-9,11-13,25-26H2. The summed E-state index contributed by atoms with van der Waals surface area (Å²) in [6.07, 6.45) is 4.40. The van der Waals surface area contributed by atoms with Gasteiger partial charge in [0.05, 0.1) is 15.4 Å². The summed E-state index contributed by atoms with van der Waals surface area (Å²) >= 11 is 0. The van der Waals surface area contributed by atoms with Gasteiger partial charge in [-0.25, -0.2) is 0 Å². The second-order valence-electron chi connectivity index (χ2n) is 7.90. The van der Waals surface area contributed by atoms with Crippen LogP contribution in [0.15, 0.2) is 24.3 Å². The van der Waals surface area contributed by atoms with Crippen LogP contribution in [-0.2, 0) is 15.9 Å². The normalized spacial score (nSPS) is 27.7. The van der Waals surface area contributed by atoms with Crippen molar-refractivity contribution in [3.05, 3.63) is 29.8 Å². The fraction of sp³-hybridized carbons (Fsp3) is 0.632. The van der Waals surface area contributed by atoms with Crippen molar-refractivity contribution in [1.82, 2.24) is 9.57 Å². The van der Waals surface area contributed by atoms with Crippen LogP contribution in [0.2, 0.25) is 0 Å². The fourth-order valence-electron chi connectivity index (χ4n) is 4.85. The summed E-state index contributed by atoms with van der Waals surface area (Å²) in [6, 6.07) is 10.4. The number of carbonyl (C=O) groups is 1. The summed E-state index contributed by atoms with van der Waals surface area (Å²) in [6.45, 7) is 5.18. The first-order valence-electron chi connectivity index (χ1n) is 9.64. The predicted octanol–water partition coefficient (Wildman–Crippen LogP) is 2.68. The van der Waals surface area contributed by atoms with Crippen molar-refractivity contribution >= 4 is 30.5 Å². The van der Waals surface area contributed by atoms with Crippen LogP contribution in [0.5, 0.6) is 0 Å². The lowest BCUT2D eigenvalue weighted by molar-refractivity contribution is -0.139. The average Bonchev–Trinajstić information content (AvgIpc) is 2.93. The van der Waals surface area contributed by atoms with Gasteiger partial charge in [-0.15, -0.1) is 0 Å². The number of benzene rings is 1. The van der Waals surface area contributed by atoms with Gasteiger partial charge in [0, 0.05) is 37.4 Å². The van der Waals surface area contributed by atoms with Gasteiger partial charge in [0.15, 0.2) is 0 Å². The van der Waals surface area contributed by atoms with Gasteiger partial charge in [0.2, 0.25) is 0 Å². The van der Waals surface area contributed by atoms with E-state index in [1.807, 2.05) is 0 Å². The summed E-state index contributed by atoms with van der Waals surface area (Å²) in [4.78, 5) is 16.8. The zero-order valence-corrected chi connectivity index (χ0v) is 17.5. The van der Waals surface area contributed by atoms with E-state index in [4.69, 9.17) is 4.52 Å². The van der Waals surface area contributed by atoms with Crippen molar-refractivity contribution in [2.45, 2.75) is 44.3 Å². The van der Waals surface area contributed by atoms with Gasteiger partial charge in [-0.2, -0.15) is 0 Å². The van der Waals surface area contributed by atoms with Crippen molar-refractivity contribution in [1.29, 1.82) is 0 Å². The van der Waals surface area contributed by atoms with Gasteiger partial charge in [-0.05, 0) is 56.5 Å². The highest BCUT2D eigenvalue weighted by Crippen LogP contribution is 2.36. The molecule has 5 nitrogen and oxygen atoms in total. The molecule has 2 bridgehead atoms. The van der Waals surface area contributed by atoms with Crippen LogP contribution in [0.1, 0.15) is 31.2 Å². The highest BCUT2D eigenvalue weighted by atomic mass is 31.0. The summed E-state index contributed by atoms with van der Waals surface area (Å²) in [7, 11) is 4.96. The van der Waals surface area contributed by atoms with Crippen molar-refractivity contribution < 1.29 is 9.32 Å². The number of rotatable bonds is 4. The Hall–Kier alpha value is -0.730. The molecule has 0 N–H and O–H groups in total. The number of piperazine rings is 1. The van der Waals surface area contributed by atoms with E-state index in [9.17, 15) is 4.79 Å². The summed E-state index contributed by atoms with van der Waals surface area (Å²) in [5, 5.41) is 0. The number of likely N-dealkylation sites (tertiary alicyclic amines) is 1. The van der Waals surface area contributed by atoms with Crippen molar-refractivity contribution in [2.75, 3.05) is 31.1 Å². The van der Waals surface area contributed by atoms with Crippen molar-refractivity contribution in [2.24, 2.45) is 5.92 Å². The average molecular weight is 393 g/mol. The van der Waals surface area contributed by atoms with E-state index in [0.717, 1.165) is 45.6 Å². The van der Waals surface area contributed by atoms with E-state index in [1.54, 1.807) is 0 Å². The van der Waals surface area contributed by atoms with Crippen LogP contribution >= 0.6 is 18.9 Å². The maximum absolute atomic E-state index is 11.7. The number of piperidine rings is 1. The second-order valence-corrected chi connectivity index (χ2v) is 8.87. The zero-order valence-electron chi connectivity index (χ0n) is 15.2. The Kier molecular flexibility index (Phi) is 5.81. The molecule has 0 aliphatic carbocycles. The topological polar surface area (TPSA) is 36.0 Å². The molecule has 3 aliphatic heterocycles. The van der Waals surface area contributed by atoms with E-state index < -0.39 is 0 Å². The molecule has 4 atom stereocenters. The van der Waals surface area contributed by atoms with E-state index in [2.05, 4.69) is 57.6 Å². The number of hydrogen-bond donors (Lipinski definition) is 0. The molecule has 142 valence electrons. The largest absolute Gasteiger partial charge is 0.451 e. The molecule has 0 saturated carbocycles. The monoisotopic (exact) mass is 393 g/mol. The number of fused-ring (bicyclic) bond motifs is 2. The Morgan fingerprint density at radius 2 is 1.81 bits per heavy atom. The summed E-state index contributed by atoms with van der Waals surface area (Å²) in [5.41, 5.74) is 2.76. The molecule has 1 aromatic rings. The zero-order chi connectivity index (χ0) is 18.1. The van der Waals surface area contributed by atoms with Gasteiger partial charge in [0.1, 0.15) is 0 Å². The van der Waals surface area contributed by atoms with Gasteiger partial charge in [-0.3, -0.25) is 14.4 Å². The summed E-state index contributed by atoms with van der Waals surface area (Å²) in [5.74, 6) is -0.0192. The molecular formula is C19H29N3O2P2. The van der Waals surface area contributed by atoms with Crippen molar-refractivity contribution in [3.63, 3.8) is 0 Å². The second kappa shape index (κ2) is 8.10. The molecule has 0 radical (unpaired) electrons. The minimum atomic E-state index is -0.0830. The van der Waals surface area contributed by atoms with E-state index >= 15 is 0 Å². The van der Waals surface area contributed by atoms with Gasteiger partial charge < -0.3 is 9.42 Å². The van der Waals surface area contributed by atoms with E-state index in [-0.39, 0.29) is 11.9 Å². The minimum Gasteiger partial charge on any atom is -0.451 e. The highest BCUT2D eigenvalue weighted by Gasteiger charge is 2.38. The number of nitrogens with zero attached hydrogens (tertiary/aromatic N) is 3. The third kappa shape index (κ3) is 3.92. The minimum absolute atomic E-state index is 0.0638. The molecule has 3 saturated heterocycles. The molecule has 3 heterocycles. The molecule has 1 aromatic carbocycles. The lowest BCUT2D eigenvalue weighted by Gasteiger charge is -2.41. The molecule has 26 heavy (non-hydrogen) atoms. The lowest BCUT2D eigenvalue weighted by atomic mass is 9.97. The van der Waals surface area contributed by atoms with Crippen LogP contribution < -0.4 is 4.90 Å². The van der Waals surface area contributed by atoms with Crippen LogP contribution in [0.25, 0.3) is 0 Å². The molecule has 0 aromatic heterocycles. The van der Waals surface area contributed by atoms with Crippen LogP contribution in [0.4, 0.5) is 5.69 Å². The molecule has 4 rings (SSSR count). The van der Waals surface area contributed by atoms with Crippen molar-refractivity contribution in [3.8, 4) is 0 Å². The maximum Gasteiger partial charge on any atom is 0.311 e. The van der Waals surface area contributed by atoms with Gasteiger partial charge in [-0.1, -0.05) is 21.5 Å². The van der Waals surface area contributed by atoms with Crippen LogP contribution in [-0.4, -0.2) is 53.8 Å². The molecule has 3 aliphatic rings. The van der Waals surface area contributed by atoms with Gasteiger partial charge in [0.25, 0.3) is 0 Å².